The zero-order valence-electron chi connectivity index (χ0n) is 10.1. The molecule has 19 heavy (non-hydrogen) atoms. The highest BCUT2D eigenvalue weighted by Gasteiger charge is 2.29. The van der Waals surface area contributed by atoms with E-state index < -0.39 is 11.9 Å². The minimum Gasteiger partial charge on any atom is -0.481 e. The van der Waals surface area contributed by atoms with Crippen molar-refractivity contribution in [1.29, 1.82) is 0 Å². The zero-order valence-corrected chi connectivity index (χ0v) is 10.9. The number of pyridine rings is 1. The van der Waals surface area contributed by atoms with Gasteiger partial charge in [-0.1, -0.05) is 29.8 Å². The summed E-state index contributed by atoms with van der Waals surface area (Å²) in [5, 5.41) is 9.83. The lowest BCUT2D eigenvalue weighted by Crippen LogP contribution is -2.07. The molecule has 1 aromatic carbocycles. The minimum atomic E-state index is -0.764. The van der Waals surface area contributed by atoms with E-state index in [-0.39, 0.29) is 0 Å². The number of carboxylic acids is 1. The van der Waals surface area contributed by atoms with E-state index in [1.165, 1.54) is 0 Å². The van der Waals surface area contributed by atoms with Crippen LogP contribution in [0.25, 0.3) is 11.3 Å². The molecule has 0 bridgehead atoms. The highest BCUT2D eigenvalue weighted by molar-refractivity contribution is 6.30. The molecule has 1 unspecified atom stereocenters. The smallest absolute Gasteiger partial charge is 0.311 e. The fraction of sp³-hybridized carbons (Fsp3) is 0.200. The van der Waals surface area contributed by atoms with Gasteiger partial charge in [-0.3, -0.25) is 9.78 Å². The van der Waals surface area contributed by atoms with Gasteiger partial charge in [-0.05, 0) is 36.6 Å². The number of nitrogens with zero attached hydrogens (tertiary/aromatic N) is 1. The van der Waals surface area contributed by atoms with E-state index in [9.17, 15) is 4.79 Å². The molecular weight excluding hydrogens is 262 g/mol. The first-order valence-corrected chi connectivity index (χ1v) is 6.51. The number of aryl methyl sites for hydroxylation is 1. The van der Waals surface area contributed by atoms with Crippen molar-refractivity contribution in [3.05, 3.63) is 52.7 Å². The van der Waals surface area contributed by atoms with Crippen LogP contribution in [0.15, 0.2) is 36.4 Å². The summed E-state index contributed by atoms with van der Waals surface area (Å²) in [5.41, 5.74) is 3.61. The highest BCUT2D eigenvalue weighted by Crippen LogP contribution is 2.33. The van der Waals surface area contributed by atoms with Crippen LogP contribution in [-0.2, 0) is 11.2 Å². The van der Waals surface area contributed by atoms with Crippen molar-refractivity contribution in [3.63, 3.8) is 0 Å². The van der Waals surface area contributed by atoms with Crippen molar-refractivity contribution < 1.29 is 9.90 Å². The Balaban J connectivity index is 1.99. The van der Waals surface area contributed by atoms with Gasteiger partial charge >= 0.3 is 5.97 Å². The standard InChI is InChI=1S/C15H12ClNO2/c16-10-3-1-9(2-4-10)13-7-5-11-12(15(18)19)6-8-14(11)17-13/h1-5,7,12H,6,8H2,(H,18,19). The summed E-state index contributed by atoms with van der Waals surface area (Å²) in [6.45, 7) is 0. The van der Waals surface area contributed by atoms with E-state index in [1.54, 1.807) is 0 Å². The third-order valence-corrected chi connectivity index (χ3v) is 3.74. The first-order valence-electron chi connectivity index (χ1n) is 6.14. The molecule has 1 atom stereocenters. The van der Waals surface area contributed by atoms with E-state index in [4.69, 9.17) is 16.7 Å². The van der Waals surface area contributed by atoms with Crippen LogP contribution in [-0.4, -0.2) is 16.1 Å². The predicted molar refractivity (Wildman–Crippen MR) is 73.4 cm³/mol. The lowest BCUT2D eigenvalue weighted by Gasteiger charge is -2.07. The van der Waals surface area contributed by atoms with Crippen molar-refractivity contribution in [2.75, 3.05) is 0 Å². The van der Waals surface area contributed by atoms with Gasteiger partial charge in [-0.25, -0.2) is 0 Å². The second kappa shape index (κ2) is 4.67. The lowest BCUT2D eigenvalue weighted by molar-refractivity contribution is -0.138. The van der Waals surface area contributed by atoms with Gasteiger partial charge in [0.15, 0.2) is 0 Å². The first kappa shape index (κ1) is 12.2. The summed E-state index contributed by atoms with van der Waals surface area (Å²) >= 11 is 5.86. The Morgan fingerprint density at radius 2 is 1.95 bits per heavy atom. The molecule has 0 amide bonds. The largest absolute Gasteiger partial charge is 0.481 e. The second-order valence-corrected chi connectivity index (χ2v) is 5.11. The predicted octanol–water partition coefficient (Wildman–Crippen LogP) is 3.52. The number of hydrogen-bond donors (Lipinski definition) is 1. The molecule has 3 nitrogen and oxygen atoms in total. The maximum absolute atomic E-state index is 11.1. The quantitative estimate of drug-likeness (QED) is 0.911. The van der Waals surface area contributed by atoms with Crippen molar-refractivity contribution in [1.82, 2.24) is 4.98 Å². The Hall–Kier alpha value is -1.87. The molecule has 0 radical (unpaired) electrons. The molecule has 4 heteroatoms. The molecule has 1 N–H and O–H groups in total. The van der Waals surface area contributed by atoms with Crippen LogP contribution in [0, 0.1) is 0 Å². The molecule has 2 aromatic rings. The normalized spacial score (nSPS) is 17.2. The average molecular weight is 274 g/mol. The fourth-order valence-corrected chi connectivity index (χ4v) is 2.63. The van der Waals surface area contributed by atoms with E-state index >= 15 is 0 Å². The van der Waals surface area contributed by atoms with Gasteiger partial charge in [0.1, 0.15) is 0 Å². The van der Waals surface area contributed by atoms with Crippen LogP contribution in [0.4, 0.5) is 0 Å². The third-order valence-electron chi connectivity index (χ3n) is 3.49. The maximum atomic E-state index is 11.1. The Morgan fingerprint density at radius 1 is 1.21 bits per heavy atom. The lowest BCUT2D eigenvalue weighted by atomic mass is 10.0. The first-order chi connectivity index (χ1) is 9.15. The van der Waals surface area contributed by atoms with Crippen molar-refractivity contribution in [2.45, 2.75) is 18.8 Å². The monoisotopic (exact) mass is 273 g/mol. The Labute approximate surface area is 115 Å². The van der Waals surface area contributed by atoms with Gasteiger partial charge in [-0.15, -0.1) is 0 Å². The Morgan fingerprint density at radius 3 is 2.63 bits per heavy atom. The van der Waals surface area contributed by atoms with Gasteiger partial charge in [0.05, 0.1) is 11.6 Å². The van der Waals surface area contributed by atoms with Gasteiger partial charge in [0.25, 0.3) is 0 Å². The topological polar surface area (TPSA) is 50.2 Å². The Bertz CT molecular complexity index is 637. The number of halogens is 1. The molecule has 0 fully saturated rings. The summed E-state index contributed by atoms with van der Waals surface area (Å²) in [6.07, 6.45) is 1.37. The number of rotatable bonds is 2. The SMILES string of the molecule is O=C(O)C1CCc2nc(-c3ccc(Cl)cc3)ccc21. The van der Waals surface area contributed by atoms with Gasteiger partial charge in [0.2, 0.25) is 0 Å². The molecule has 0 aliphatic heterocycles. The number of fused-ring (bicyclic) bond motifs is 1. The zero-order chi connectivity index (χ0) is 13.4. The van der Waals surface area contributed by atoms with E-state index in [2.05, 4.69) is 4.98 Å². The summed E-state index contributed by atoms with van der Waals surface area (Å²) in [6, 6.07) is 11.3. The Kier molecular flexibility index (Phi) is 2.99. The molecule has 3 rings (SSSR count). The summed E-state index contributed by atoms with van der Waals surface area (Å²) in [7, 11) is 0. The summed E-state index contributed by atoms with van der Waals surface area (Å²) in [5.74, 6) is -1.17. The van der Waals surface area contributed by atoms with E-state index in [0.29, 0.717) is 11.4 Å². The number of benzene rings is 1. The molecule has 1 aliphatic carbocycles. The second-order valence-electron chi connectivity index (χ2n) is 4.67. The van der Waals surface area contributed by atoms with Crippen LogP contribution >= 0.6 is 11.6 Å². The van der Waals surface area contributed by atoms with E-state index in [1.807, 2.05) is 36.4 Å². The summed E-state index contributed by atoms with van der Waals surface area (Å²) < 4.78 is 0. The highest BCUT2D eigenvalue weighted by atomic mass is 35.5. The molecular formula is C15H12ClNO2. The molecule has 96 valence electrons. The fourth-order valence-electron chi connectivity index (χ4n) is 2.50. The maximum Gasteiger partial charge on any atom is 0.311 e. The number of carbonyl (C=O) groups is 1. The molecule has 0 spiro atoms. The molecule has 1 aliphatic rings. The minimum absolute atomic E-state index is 0.401. The number of hydrogen-bond acceptors (Lipinski definition) is 2. The average Bonchev–Trinajstić information content (AvgIpc) is 2.82. The van der Waals surface area contributed by atoms with Gasteiger partial charge in [-0.2, -0.15) is 0 Å². The molecule has 1 aromatic heterocycles. The van der Waals surface area contributed by atoms with Crippen LogP contribution < -0.4 is 0 Å². The van der Waals surface area contributed by atoms with Crippen LogP contribution in [0.1, 0.15) is 23.6 Å². The number of aromatic nitrogens is 1. The molecule has 0 saturated carbocycles. The molecule has 0 saturated heterocycles. The van der Waals surface area contributed by atoms with Crippen molar-refractivity contribution in [3.8, 4) is 11.3 Å². The third kappa shape index (κ3) is 2.22. The molecule has 1 heterocycles. The number of carboxylic acid groups (broad SMARTS) is 1. The van der Waals surface area contributed by atoms with Gasteiger partial charge in [0, 0.05) is 16.3 Å². The van der Waals surface area contributed by atoms with Crippen molar-refractivity contribution in [2.24, 2.45) is 0 Å². The van der Waals surface area contributed by atoms with Gasteiger partial charge < -0.3 is 5.11 Å². The van der Waals surface area contributed by atoms with Crippen LogP contribution in [0.2, 0.25) is 5.02 Å². The number of aliphatic carboxylic acids is 1. The van der Waals surface area contributed by atoms with E-state index in [0.717, 1.165) is 28.9 Å². The van der Waals surface area contributed by atoms with Crippen LogP contribution in [0.5, 0.6) is 0 Å². The van der Waals surface area contributed by atoms with Crippen LogP contribution in [0.3, 0.4) is 0 Å². The summed E-state index contributed by atoms with van der Waals surface area (Å²) in [4.78, 5) is 15.7. The van der Waals surface area contributed by atoms with Crippen molar-refractivity contribution >= 4 is 17.6 Å².